The summed E-state index contributed by atoms with van der Waals surface area (Å²) in [6.07, 6.45) is 1.35. The first-order chi connectivity index (χ1) is 15.8. The molecule has 3 rings (SSSR count). The van der Waals surface area contributed by atoms with Crippen LogP contribution in [0.1, 0.15) is 15.9 Å². The van der Waals surface area contributed by atoms with Crippen molar-refractivity contribution in [2.75, 3.05) is 12.4 Å². The maximum atomic E-state index is 12.6. The van der Waals surface area contributed by atoms with Gasteiger partial charge >= 0.3 is 5.97 Å². The van der Waals surface area contributed by atoms with Gasteiger partial charge in [-0.3, -0.25) is 4.79 Å². The number of benzene rings is 3. The van der Waals surface area contributed by atoms with Gasteiger partial charge in [-0.05, 0) is 60.2 Å². The molecule has 0 saturated carbocycles. The van der Waals surface area contributed by atoms with Crippen molar-refractivity contribution < 1.29 is 19.1 Å². The molecule has 0 radical (unpaired) electrons. The summed E-state index contributed by atoms with van der Waals surface area (Å²) in [5.74, 6) is -0.884. The van der Waals surface area contributed by atoms with Gasteiger partial charge in [0.25, 0.3) is 5.91 Å². The third-order valence-corrected chi connectivity index (χ3v) is 5.23. The van der Waals surface area contributed by atoms with Crippen molar-refractivity contribution in [3.63, 3.8) is 0 Å². The van der Waals surface area contributed by atoms with E-state index in [-0.39, 0.29) is 32.8 Å². The van der Waals surface area contributed by atoms with Crippen molar-refractivity contribution in [3.05, 3.63) is 92.4 Å². The van der Waals surface area contributed by atoms with E-state index in [1.807, 2.05) is 6.07 Å². The first-order valence-electron chi connectivity index (χ1n) is 9.35. The van der Waals surface area contributed by atoms with Crippen molar-refractivity contribution in [1.29, 1.82) is 5.26 Å². The predicted molar refractivity (Wildman–Crippen MR) is 128 cm³/mol. The lowest BCUT2D eigenvalue weighted by Crippen LogP contribution is -2.14. The highest BCUT2D eigenvalue weighted by molar-refractivity contribution is 6.40. The van der Waals surface area contributed by atoms with Crippen molar-refractivity contribution in [1.82, 2.24) is 0 Å². The number of carbonyl (C=O) groups excluding carboxylic acids is 2. The van der Waals surface area contributed by atoms with E-state index in [1.165, 1.54) is 37.5 Å². The Morgan fingerprint density at radius 3 is 2.24 bits per heavy atom. The molecule has 3 aromatic rings. The van der Waals surface area contributed by atoms with Crippen LogP contribution in [0.3, 0.4) is 0 Å². The summed E-state index contributed by atoms with van der Waals surface area (Å²) in [5, 5.41) is 13.0. The normalized spacial score (nSPS) is 10.8. The topological polar surface area (TPSA) is 88.4 Å². The molecule has 0 aliphatic rings. The number of anilines is 1. The predicted octanol–water partition coefficient (Wildman–Crippen LogP) is 6.42. The van der Waals surface area contributed by atoms with Crippen LogP contribution in [0.5, 0.6) is 11.5 Å². The molecule has 0 heterocycles. The zero-order valence-electron chi connectivity index (χ0n) is 17.1. The Hall–Kier alpha value is -3.50. The van der Waals surface area contributed by atoms with Crippen molar-refractivity contribution in [2.45, 2.75) is 0 Å². The molecule has 9 heteroatoms. The number of rotatable bonds is 6. The average molecular weight is 502 g/mol. The standard InChI is InChI=1S/C24H15Cl3N2O4/c1-32-21-12-14(5-10-20(21)33-24(31)15-6-8-17(25)9-7-15)11-16(13-28)23(30)29-22-18(26)3-2-4-19(22)27/h2-12H,1H3,(H,29,30)/b16-11+. The number of nitriles is 1. The quantitative estimate of drug-likeness (QED) is 0.182. The minimum Gasteiger partial charge on any atom is -0.493 e. The molecule has 166 valence electrons. The van der Waals surface area contributed by atoms with E-state index >= 15 is 0 Å². The molecule has 0 bridgehead atoms. The van der Waals surface area contributed by atoms with Gasteiger partial charge in [-0.1, -0.05) is 46.9 Å². The summed E-state index contributed by atoms with van der Waals surface area (Å²) in [6, 6.07) is 17.4. The molecule has 0 aliphatic carbocycles. The van der Waals surface area contributed by atoms with Gasteiger partial charge in [0.2, 0.25) is 0 Å². The highest BCUT2D eigenvalue weighted by Crippen LogP contribution is 2.31. The molecule has 0 aliphatic heterocycles. The maximum Gasteiger partial charge on any atom is 0.343 e. The summed E-state index contributed by atoms with van der Waals surface area (Å²) in [6.45, 7) is 0. The molecule has 0 unspecified atom stereocenters. The molecule has 1 amide bonds. The summed E-state index contributed by atoms with van der Waals surface area (Å²) in [4.78, 5) is 24.9. The number of nitrogens with zero attached hydrogens (tertiary/aromatic N) is 1. The second-order valence-electron chi connectivity index (χ2n) is 6.53. The van der Waals surface area contributed by atoms with Crippen LogP contribution in [-0.4, -0.2) is 19.0 Å². The van der Waals surface area contributed by atoms with Gasteiger partial charge in [-0.15, -0.1) is 0 Å². The number of nitrogens with one attached hydrogen (secondary N) is 1. The van der Waals surface area contributed by atoms with E-state index in [0.29, 0.717) is 16.1 Å². The lowest BCUT2D eigenvalue weighted by molar-refractivity contribution is -0.112. The lowest BCUT2D eigenvalue weighted by atomic mass is 10.1. The maximum absolute atomic E-state index is 12.6. The van der Waals surface area contributed by atoms with Crippen LogP contribution in [0.15, 0.2) is 66.2 Å². The molecule has 6 nitrogen and oxygen atoms in total. The number of hydrogen-bond donors (Lipinski definition) is 1. The van der Waals surface area contributed by atoms with Gasteiger partial charge in [0, 0.05) is 5.02 Å². The van der Waals surface area contributed by atoms with Crippen molar-refractivity contribution in [3.8, 4) is 17.6 Å². The molecule has 0 atom stereocenters. The first-order valence-corrected chi connectivity index (χ1v) is 10.5. The highest BCUT2D eigenvalue weighted by atomic mass is 35.5. The van der Waals surface area contributed by atoms with Gasteiger partial charge < -0.3 is 14.8 Å². The number of methoxy groups -OCH3 is 1. The fourth-order valence-corrected chi connectivity index (χ4v) is 3.33. The van der Waals surface area contributed by atoms with Crippen LogP contribution in [-0.2, 0) is 4.79 Å². The number of amides is 1. The van der Waals surface area contributed by atoms with Crippen LogP contribution in [0, 0.1) is 11.3 Å². The van der Waals surface area contributed by atoms with E-state index in [4.69, 9.17) is 44.3 Å². The first kappa shape index (κ1) is 24.1. The minimum atomic E-state index is -0.690. The van der Waals surface area contributed by atoms with E-state index in [0.717, 1.165) is 0 Å². The van der Waals surface area contributed by atoms with Gasteiger partial charge in [-0.2, -0.15) is 5.26 Å². The SMILES string of the molecule is COc1cc(/C=C(\C#N)C(=O)Nc2c(Cl)cccc2Cl)ccc1OC(=O)c1ccc(Cl)cc1. The Morgan fingerprint density at radius 1 is 0.970 bits per heavy atom. The molecule has 0 spiro atoms. The largest absolute Gasteiger partial charge is 0.493 e. The fourth-order valence-electron chi connectivity index (χ4n) is 2.72. The van der Waals surface area contributed by atoms with Crippen molar-refractivity contribution in [2.24, 2.45) is 0 Å². The number of hydrogen-bond acceptors (Lipinski definition) is 5. The Kier molecular flexibility index (Phi) is 7.96. The molecule has 3 aromatic carbocycles. The van der Waals surface area contributed by atoms with Gasteiger partial charge in [0.15, 0.2) is 11.5 Å². The average Bonchev–Trinajstić information content (AvgIpc) is 2.81. The highest BCUT2D eigenvalue weighted by Gasteiger charge is 2.16. The second-order valence-corrected chi connectivity index (χ2v) is 7.78. The Bertz CT molecular complexity index is 1260. The molecule has 0 aromatic heterocycles. The van der Waals surface area contributed by atoms with Crippen LogP contribution < -0.4 is 14.8 Å². The zero-order chi connectivity index (χ0) is 24.0. The number of halogens is 3. The molecular weight excluding hydrogens is 487 g/mol. The Morgan fingerprint density at radius 2 is 1.64 bits per heavy atom. The molecule has 0 saturated heterocycles. The van der Waals surface area contributed by atoms with E-state index < -0.39 is 11.9 Å². The van der Waals surface area contributed by atoms with E-state index in [9.17, 15) is 14.9 Å². The van der Waals surface area contributed by atoms with Crippen molar-refractivity contribution >= 4 is 58.4 Å². The summed E-state index contributed by atoms with van der Waals surface area (Å²) < 4.78 is 10.7. The van der Waals surface area contributed by atoms with E-state index in [1.54, 1.807) is 36.4 Å². The third kappa shape index (κ3) is 6.05. The second kappa shape index (κ2) is 10.9. The van der Waals surface area contributed by atoms with Gasteiger partial charge in [0.1, 0.15) is 11.6 Å². The molecule has 33 heavy (non-hydrogen) atoms. The molecule has 1 N–H and O–H groups in total. The molecular formula is C24H15Cl3N2O4. The van der Waals surface area contributed by atoms with Crippen LogP contribution in [0.4, 0.5) is 5.69 Å². The van der Waals surface area contributed by atoms with Crippen LogP contribution in [0.2, 0.25) is 15.1 Å². The zero-order valence-corrected chi connectivity index (χ0v) is 19.3. The number of ether oxygens (including phenoxy) is 2. The fraction of sp³-hybridized carbons (Fsp3) is 0.0417. The summed E-state index contributed by atoms with van der Waals surface area (Å²) in [5.41, 5.74) is 0.787. The molecule has 0 fully saturated rings. The van der Waals surface area contributed by atoms with E-state index in [2.05, 4.69) is 5.32 Å². The minimum absolute atomic E-state index is 0.167. The summed E-state index contributed by atoms with van der Waals surface area (Å²) in [7, 11) is 1.40. The lowest BCUT2D eigenvalue weighted by Gasteiger charge is -2.11. The monoisotopic (exact) mass is 500 g/mol. The Labute approximate surface area is 204 Å². The van der Waals surface area contributed by atoms with Crippen LogP contribution in [0.25, 0.3) is 6.08 Å². The van der Waals surface area contributed by atoms with Gasteiger partial charge in [-0.25, -0.2) is 4.79 Å². The third-order valence-electron chi connectivity index (χ3n) is 4.35. The Balaban J connectivity index is 1.82. The summed E-state index contributed by atoms with van der Waals surface area (Å²) >= 11 is 18.0. The van der Waals surface area contributed by atoms with Crippen LogP contribution >= 0.6 is 34.8 Å². The number of para-hydroxylation sites is 1. The number of esters is 1. The van der Waals surface area contributed by atoms with Gasteiger partial charge in [0.05, 0.1) is 28.4 Å². The smallest absolute Gasteiger partial charge is 0.343 e. The number of carbonyl (C=O) groups is 2.